The summed E-state index contributed by atoms with van der Waals surface area (Å²) in [5.74, 6) is -0.153. The van der Waals surface area contributed by atoms with Gasteiger partial charge >= 0.3 is 5.70 Å². The molecule has 0 spiro atoms. The average molecular weight is 573 g/mol. The number of hydrogen-bond acceptors (Lipinski definition) is 10. The molecule has 12 nitrogen and oxygen atoms in total. The van der Waals surface area contributed by atoms with Crippen molar-refractivity contribution in [1.82, 2.24) is 19.8 Å². The Labute approximate surface area is 234 Å². The third kappa shape index (κ3) is 7.36. The van der Waals surface area contributed by atoms with E-state index in [1.807, 2.05) is 17.0 Å². The highest BCUT2D eigenvalue weighted by Crippen LogP contribution is 2.31. The summed E-state index contributed by atoms with van der Waals surface area (Å²) in [7, 11) is 1.75. The Kier molecular flexibility index (Phi) is 9.20. The normalized spacial score (nSPS) is 20.1. The summed E-state index contributed by atoms with van der Waals surface area (Å²) in [6, 6.07) is 6.67. The van der Waals surface area contributed by atoms with Gasteiger partial charge in [-0.25, -0.2) is 9.97 Å². The van der Waals surface area contributed by atoms with Gasteiger partial charge < -0.3 is 9.80 Å². The Morgan fingerprint density at radius 3 is 2.51 bits per heavy atom. The van der Waals surface area contributed by atoms with Crippen LogP contribution >= 0.6 is 23.2 Å². The highest BCUT2D eigenvalue weighted by atomic mass is 35.5. The Morgan fingerprint density at radius 1 is 1.13 bits per heavy atom. The molecule has 0 fully saturated rings. The third-order valence-corrected chi connectivity index (χ3v) is 6.92. The Balaban J connectivity index is 1.72. The molecule has 2 aliphatic heterocycles. The third-order valence-electron chi connectivity index (χ3n) is 6.47. The van der Waals surface area contributed by atoms with Crippen LogP contribution < -0.4 is 0 Å². The summed E-state index contributed by atoms with van der Waals surface area (Å²) in [5, 5.41) is 24.3. The first-order chi connectivity index (χ1) is 18.7. The van der Waals surface area contributed by atoms with Crippen LogP contribution in [-0.2, 0) is 6.54 Å². The van der Waals surface area contributed by atoms with Crippen LogP contribution in [0.3, 0.4) is 0 Å². The summed E-state index contributed by atoms with van der Waals surface area (Å²) in [6.45, 7) is 1.73. The molecule has 0 saturated heterocycles. The van der Waals surface area contributed by atoms with Gasteiger partial charge in [-0.1, -0.05) is 35.3 Å². The van der Waals surface area contributed by atoms with Crippen LogP contribution in [-0.4, -0.2) is 68.5 Å². The molecular formula is C25H26Cl2N8O4. The fourth-order valence-corrected chi connectivity index (χ4v) is 4.83. The van der Waals surface area contributed by atoms with Crippen molar-refractivity contribution in [3.05, 3.63) is 102 Å². The zero-order valence-electron chi connectivity index (χ0n) is 21.1. The van der Waals surface area contributed by atoms with Gasteiger partial charge in [0.05, 0.1) is 22.2 Å². The maximum Gasteiger partial charge on any atom is 0.311 e. The highest BCUT2D eigenvalue weighted by molar-refractivity contribution is 6.29. The van der Waals surface area contributed by atoms with Crippen molar-refractivity contribution in [3.8, 4) is 0 Å². The van der Waals surface area contributed by atoms with Gasteiger partial charge in [0.1, 0.15) is 10.3 Å². The molecule has 2 atom stereocenters. The Bertz CT molecular complexity index is 1330. The lowest BCUT2D eigenvalue weighted by atomic mass is 9.91. The maximum absolute atomic E-state index is 12.6. The molecule has 0 bridgehead atoms. The second kappa shape index (κ2) is 12.8. The van der Waals surface area contributed by atoms with E-state index < -0.39 is 9.85 Å². The number of nitro groups is 2. The molecule has 14 heteroatoms. The van der Waals surface area contributed by atoms with Crippen molar-refractivity contribution in [2.45, 2.75) is 25.4 Å². The van der Waals surface area contributed by atoms with E-state index in [4.69, 9.17) is 28.2 Å². The quantitative estimate of drug-likeness (QED) is 0.244. The number of hydrogen-bond donors (Lipinski definition) is 0. The van der Waals surface area contributed by atoms with Gasteiger partial charge in [-0.2, -0.15) is 0 Å². The van der Waals surface area contributed by atoms with E-state index in [2.05, 4.69) is 15.0 Å². The molecular weight excluding hydrogens is 547 g/mol. The lowest BCUT2D eigenvalue weighted by Gasteiger charge is -2.32. The molecule has 2 aliphatic rings. The van der Waals surface area contributed by atoms with Gasteiger partial charge in [0.15, 0.2) is 0 Å². The summed E-state index contributed by atoms with van der Waals surface area (Å²) >= 11 is 11.8. The van der Waals surface area contributed by atoms with Gasteiger partial charge in [0.2, 0.25) is 12.0 Å². The highest BCUT2D eigenvalue weighted by Gasteiger charge is 2.36. The van der Waals surface area contributed by atoms with E-state index in [0.29, 0.717) is 48.5 Å². The molecule has 39 heavy (non-hydrogen) atoms. The largest absolute Gasteiger partial charge is 0.358 e. The average Bonchev–Trinajstić information content (AvgIpc) is 2.90. The predicted molar refractivity (Wildman–Crippen MR) is 148 cm³/mol. The van der Waals surface area contributed by atoms with E-state index in [1.54, 1.807) is 42.8 Å². The molecule has 0 radical (unpaired) electrons. The van der Waals surface area contributed by atoms with Crippen LogP contribution in [0.5, 0.6) is 0 Å². The monoisotopic (exact) mass is 572 g/mol. The summed E-state index contributed by atoms with van der Waals surface area (Å²) in [5.41, 5.74) is 1.96. The van der Waals surface area contributed by atoms with Crippen LogP contribution in [0.4, 0.5) is 0 Å². The lowest BCUT2D eigenvalue weighted by molar-refractivity contribution is -0.417. The maximum atomic E-state index is 12.6. The first-order valence-corrected chi connectivity index (χ1v) is 12.9. The molecule has 0 aliphatic carbocycles. The minimum absolute atomic E-state index is 0.00779. The molecule has 204 valence electrons. The van der Waals surface area contributed by atoms with Crippen molar-refractivity contribution in [3.63, 3.8) is 0 Å². The van der Waals surface area contributed by atoms with E-state index in [1.165, 1.54) is 6.08 Å². The fraction of sp³-hybridized carbons (Fsp3) is 0.360. The van der Waals surface area contributed by atoms with Crippen molar-refractivity contribution in [2.24, 2.45) is 15.9 Å². The van der Waals surface area contributed by atoms with Crippen LogP contribution in [0.2, 0.25) is 10.3 Å². The molecule has 2 aromatic rings. The van der Waals surface area contributed by atoms with Crippen molar-refractivity contribution in [2.75, 3.05) is 26.7 Å². The number of amidine groups is 1. The number of aromatic nitrogens is 2. The minimum atomic E-state index is -0.587. The number of likely N-dealkylation sites (N-methyl/N-ethyl adjacent to an activating group) is 1. The number of aliphatic imine (C=N–C) groups is 2. The number of rotatable bonds is 9. The fourth-order valence-electron chi connectivity index (χ4n) is 4.60. The summed E-state index contributed by atoms with van der Waals surface area (Å²) in [6.07, 6.45) is 7.76. The summed E-state index contributed by atoms with van der Waals surface area (Å²) in [4.78, 5) is 43.7. The topological polar surface area (TPSA) is 143 Å². The van der Waals surface area contributed by atoms with Gasteiger partial charge in [0, 0.05) is 63.5 Å². The second-order valence-electron chi connectivity index (χ2n) is 9.19. The summed E-state index contributed by atoms with van der Waals surface area (Å²) < 4.78 is 0. The predicted octanol–water partition coefficient (Wildman–Crippen LogP) is 4.43. The van der Waals surface area contributed by atoms with E-state index in [0.717, 1.165) is 17.3 Å². The lowest BCUT2D eigenvalue weighted by Crippen LogP contribution is -2.39. The minimum Gasteiger partial charge on any atom is -0.358 e. The van der Waals surface area contributed by atoms with Gasteiger partial charge in [-0.3, -0.25) is 30.2 Å². The first kappa shape index (κ1) is 28.1. The van der Waals surface area contributed by atoms with E-state index in [9.17, 15) is 20.2 Å². The Hall–Kier alpha value is -3.90. The zero-order valence-corrected chi connectivity index (χ0v) is 22.6. The molecule has 4 rings (SSSR count). The number of nitrogens with zero attached hydrogens (tertiary/aromatic N) is 8. The molecule has 0 N–H and O–H groups in total. The molecule has 0 saturated carbocycles. The van der Waals surface area contributed by atoms with Gasteiger partial charge in [-0.05, 0) is 35.8 Å². The van der Waals surface area contributed by atoms with Crippen LogP contribution in [0.1, 0.15) is 30.0 Å². The van der Waals surface area contributed by atoms with Gasteiger partial charge in [0.25, 0.3) is 0 Å². The molecule has 2 aromatic heterocycles. The van der Waals surface area contributed by atoms with Crippen molar-refractivity contribution in [1.29, 1.82) is 0 Å². The molecule has 0 aromatic carbocycles. The smallest absolute Gasteiger partial charge is 0.311 e. The van der Waals surface area contributed by atoms with Crippen LogP contribution in [0.15, 0.2) is 70.2 Å². The van der Waals surface area contributed by atoms with Crippen LogP contribution in [0, 0.1) is 26.1 Å². The van der Waals surface area contributed by atoms with Gasteiger partial charge in [-0.15, -0.1) is 0 Å². The van der Waals surface area contributed by atoms with E-state index in [-0.39, 0.29) is 29.9 Å². The molecule has 2 unspecified atom stereocenters. The van der Waals surface area contributed by atoms with Crippen LogP contribution in [0.25, 0.3) is 0 Å². The zero-order chi connectivity index (χ0) is 27.9. The molecule has 0 amide bonds. The molecule has 4 heterocycles. The van der Waals surface area contributed by atoms with Crippen molar-refractivity contribution >= 4 is 35.4 Å². The van der Waals surface area contributed by atoms with E-state index >= 15 is 0 Å². The number of pyridine rings is 2. The SMILES string of the molecule is CN1CCC(c2ccc(Cl)nc2)N=C1C(=C(CC=C[N+](=O)[O-])C1CN=CN(Cc2ccc(Cl)nc2)C1)[N+](=O)[O-]. The standard InChI is InChI=1S/C25H26Cl2N8O4/c1-32-10-8-21(18-5-7-23(27)30-13-18)31-25(32)24(35(38)39)20(3-2-9-34(36)37)19-12-28-16-33(15-19)14-17-4-6-22(26)29-11-17/h2,4-7,9,11,13,16,19,21H,3,8,10,12,14-15H2,1H3. The Morgan fingerprint density at radius 2 is 1.87 bits per heavy atom. The van der Waals surface area contributed by atoms with Crippen molar-refractivity contribution < 1.29 is 9.85 Å². The number of allylic oxidation sites excluding steroid dienone is 1. The number of halogens is 2. The first-order valence-electron chi connectivity index (χ1n) is 12.1. The second-order valence-corrected chi connectivity index (χ2v) is 9.97.